The average Bonchev–Trinajstić information content (AvgIpc) is 2.76. The molecule has 0 aliphatic carbocycles. The van der Waals surface area contributed by atoms with Crippen LogP contribution in [0.15, 0.2) is 109 Å². The van der Waals surface area contributed by atoms with Gasteiger partial charge < -0.3 is 4.90 Å². The summed E-state index contributed by atoms with van der Waals surface area (Å²) in [6.07, 6.45) is 1.39. The smallest absolute Gasteiger partial charge is 0.0908 e. The molecule has 1 N–H and O–H groups in total. The fourth-order valence-corrected chi connectivity index (χ4v) is 3.36. The van der Waals surface area contributed by atoms with Gasteiger partial charge in [0.2, 0.25) is 0 Å². The number of para-hydroxylation sites is 2. The molecule has 0 spiro atoms. The second-order valence-electron chi connectivity index (χ2n) is 6.27. The van der Waals surface area contributed by atoms with Crippen LogP contribution in [-0.4, -0.2) is 6.34 Å². The highest BCUT2D eigenvalue weighted by atomic mass is 15.1. The zero-order chi connectivity index (χ0) is 18.5. The molecule has 0 aliphatic rings. The number of rotatable bonds is 5. The maximum atomic E-state index is 8.15. The Morgan fingerprint density at radius 1 is 0.481 bits per heavy atom. The van der Waals surface area contributed by atoms with Gasteiger partial charge in [-0.15, -0.1) is 0 Å². The van der Waals surface area contributed by atoms with Crippen LogP contribution >= 0.6 is 0 Å². The molecule has 0 atom stereocenters. The van der Waals surface area contributed by atoms with Gasteiger partial charge in [-0.1, -0.05) is 97.1 Å². The van der Waals surface area contributed by atoms with Crippen molar-refractivity contribution < 1.29 is 0 Å². The number of nitrogens with one attached hydrogen (secondary N) is 1. The van der Waals surface area contributed by atoms with Gasteiger partial charge in [-0.2, -0.15) is 0 Å². The first kappa shape index (κ1) is 16.8. The van der Waals surface area contributed by atoms with E-state index < -0.39 is 0 Å². The topological polar surface area (TPSA) is 27.1 Å². The SMILES string of the molecule is N=CN(c1ccccc1-c1ccccc1)c1ccccc1-c1ccccc1. The standard InChI is InChI=1S/C25H20N2/c26-19-27(24-17-9-7-15-22(24)20-11-3-1-4-12-20)25-18-10-8-16-23(25)21-13-5-2-6-14-21/h1-19,26H. The second kappa shape index (κ2) is 7.71. The molecule has 0 saturated carbocycles. The van der Waals surface area contributed by atoms with Gasteiger partial charge in [-0.25, -0.2) is 0 Å². The Hall–Kier alpha value is -3.65. The highest BCUT2D eigenvalue weighted by molar-refractivity contribution is 5.99. The van der Waals surface area contributed by atoms with Gasteiger partial charge >= 0.3 is 0 Å². The molecule has 4 aromatic carbocycles. The lowest BCUT2D eigenvalue weighted by atomic mass is 10.00. The van der Waals surface area contributed by atoms with E-state index in [1.54, 1.807) is 0 Å². The van der Waals surface area contributed by atoms with Crippen molar-refractivity contribution in [2.45, 2.75) is 0 Å². The minimum Gasteiger partial charge on any atom is -0.300 e. The lowest BCUT2D eigenvalue weighted by Crippen LogP contribution is -2.15. The third-order valence-corrected chi connectivity index (χ3v) is 4.63. The van der Waals surface area contributed by atoms with Crippen molar-refractivity contribution in [2.24, 2.45) is 0 Å². The maximum Gasteiger partial charge on any atom is 0.0908 e. The van der Waals surface area contributed by atoms with Gasteiger partial charge in [0.1, 0.15) is 0 Å². The molecular weight excluding hydrogens is 328 g/mol. The highest BCUT2D eigenvalue weighted by Crippen LogP contribution is 2.38. The quantitative estimate of drug-likeness (QED) is 0.313. The van der Waals surface area contributed by atoms with Crippen LogP contribution in [-0.2, 0) is 0 Å². The van der Waals surface area contributed by atoms with Gasteiger partial charge in [-0.05, 0) is 23.3 Å². The third kappa shape index (κ3) is 3.38. The molecule has 0 unspecified atom stereocenters. The van der Waals surface area contributed by atoms with Gasteiger partial charge in [0.15, 0.2) is 0 Å². The van der Waals surface area contributed by atoms with Crippen molar-refractivity contribution in [3.8, 4) is 22.3 Å². The lowest BCUT2D eigenvalue weighted by molar-refractivity contribution is 1.34. The van der Waals surface area contributed by atoms with Crippen LogP contribution < -0.4 is 4.90 Å². The molecule has 0 bridgehead atoms. The lowest BCUT2D eigenvalue weighted by Gasteiger charge is -2.25. The summed E-state index contributed by atoms with van der Waals surface area (Å²) in [5, 5.41) is 8.15. The summed E-state index contributed by atoms with van der Waals surface area (Å²) in [4.78, 5) is 1.95. The Labute approximate surface area is 159 Å². The highest BCUT2D eigenvalue weighted by Gasteiger charge is 2.16. The van der Waals surface area contributed by atoms with Crippen molar-refractivity contribution in [1.29, 1.82) is 5.41 Å². The molecule has 0 fully saturated rings. The molecule has 4 rings (SSSR count). The Kier molecular flexibility index (Phi) is 4.80. The molecule has 0 heterocycles. The summed E-state index contributed by atoms with van der Waals surface area (Å²) >= 11 is 0. The van der Waals surface area contributed by atoms with Crippen LogP contribution in [0.3, 0.4) is 0 Å². The molecule has 0 radical (unpaired) electrons. The van der Waals surface area contributed by atoms with Crippen LogP contribution in [0.4, 0.5) is 11.4 Å². The summed E-state index contributed by atoms with van der Waals surface area (Å²) in [5.41, 5.74) is 6.45. The minimum atomic E-state index is 0.988. The fourth-order valence-electron chi connectivity index (χ4n) is 3.36. The summed E-state index contributed by atoms with van der Waals surface area (Å²) in [6, 6.07) is 37.1. The van der Waals surface area contributed by atoms with E-state index in [2.05, 4.69) is 48.5 Å². The normalized spacial score (nSPS) is 10.4. The molecule has 2 heteroatoms. The molecule has 4 aromatic rings. The first-order valence-electron chi connectivity index (χ1n) is 8.97. The monoisotopic (exact) mass is 348 g/mol. The van der Waals surface area contributed by atoms with Crippen molar-refractivity contribution in [3.05, 3.63) is 109 Å². The van der Waals surface area contributed by atoms with Crippen molar-refractivity contribution in [3.63, 3.8) is 0 Å². The average molecular weight is 348 g/mol. The number of nitrogens with zero attached hydrogens (tertiary/aromatic N) is 1. The maximum absolute atomic E-state index is 8.15. The van der Waals surface area contributed by atoms with E-state index in [0.29, 0.717) is 0 Å². The van der Waals surface area contributed by atoms with E-state index in [-0.39, 0.29) is 0 Å². The van der Waals surface area contributed by atoms with Gasteiger partial charge in [0.05, 0.1) is 17.7 Å². The first-order chi connectivity index (χ1) is 13.4. The Morgan fingerprint density at radius 3 is 1.26 bits per heavy atom. The third-order valence-electron chi connectivity index (χ3n) is 4.63. The predicted octanol–water partition coefficient (Wildman–Crippen LogP) is 6.77. The Morgan fingerprint density at radius 2 is 0.852 bits per heavy atom. The van der Waals surface area contributed by atoms with Crippen molar-refractivity contribution in [2.75, 3.05) is 4.90 Å². The van der Waals surface area contributed by atoms with E-state index in [4.69, 9.17) is 5.41 Å². The molecule has 27 heavy (non-hydrogen) atoms. The van der Waals surface area contributed by atoms with Crippen LogP contribution in [0.2, 0.25) is 0 Å². The summed E-state index contributed by atoms with van der Waals surface area (Å²) < 4.78 is 0. The van der Waals surface area contributed by atoms with E-state index in [1.165, 1.54) is 6.34 Å². The summed E-state index contributed by atoms with van der Waals surface area (Å²) in [6.45, 7) is 0. The van der Waals surface area contributed by atoms with Crippen LogP contribution in [0.1, 0.15) is 0 Å². The molecule has 0 saturated heterocycles. The summed E-state index contributed by atoms with van der Waals surface area (Å²) in [7, 11) is 0. The number of anilines is 2. The number of hydrogen-bond acceptors (Lipinski definition) is 1. The van der Waals surface area contributed by atoms with E-state index >= 15 is 0 Å². The zero-order valence-corrected chi connectivity index (χ0v) is 14.9. The fraction of sp³-hybridized carbons (Fsp3) is 0. The predicted molar refractivity (Wildman–Crippen MR) is 115 cm³/mol. The van der Waals surface area contributed by atoms with Crippen molar-refractivity contribution >= 4 is 17.7 Å². The molecule has 0 aromatic heterocycles. The molecule has 0 aliphatic heterocycles. The van der Waals surface area contributed by atoms with Gasteiger partial charge in [0, 0.05) is 11.1 Å². The van der Waals surface area contributed by atoms with E-state index in [1.807, 2.05) is 65.6 Å². The van der Waals surface area contributed by atoms with Crippen LogP contribution in [0, 0.1) is 5.41 Å². The molecular formula is C25H20N2. The largest absolute Gasteiger partial charge is 0.300 e. The molecule has 130 valence electrons. The van der Waals surface area contributed by atoms with Gasteiger partial charge in [-0.3, -0.25) is 5.41 Å². The Balaban J connectivity index is 1.88. The van der Waals surface area contributed by atoms with Crippen LogP contribution in [0.5, 0.6) is 0 Å². The Bertz CT molecular complexity index is 957. The zero-order valence-electron chi connectivity index (χ0n) is 14.9. The second-order valence-corrected chi connectivity index (χ2v) is 6.27. The molecule has 2 nitrogen and oxygen atoms in total. The number of hydrogen-bond donors (Lipinski definition) is 1. The van der Waals surface area contributed by atoms with Crippen molar-refractivity contribution in [1.82, 2.24) is 0 Å². The van der Waals surface area contributed by atoms with E-state index in [0.717, 1.165) is 33.6 Å². The first-order valence-corrected chi connectivity index (χ1v) is 8.97. The number of benzene rings is 4. The van der Waals surface area contributed by atoms with E-state index in [9.17, 15) is 0 Å². The minimum absolute atomic E-state index is 0.988. The molecule has 0 amide bonds. The van der Waals surface area contributed by atoms with Crippen LogP contribution in [0.25, 0.3) is 22.3 Å². The summed E-state index contributed by atoms with van der Waals surface area (Å²) in [5.74, 6) is 0. The van der Waals surface area contributed by atoms with Gasteiger partial charge in [0.25, 0.3) is 0 Å².